The summed E-state index contributed by atoms with van der Waals surface area (Å²) in [5.41, 5.74) is 1.83. The van der Waals surface area contributed by atoms with E-state index < -0.39 is 0 Å². The second-order valence-corrected chi connectivity index (χ2v) is 4.37. The number of hydrogen-bond donors (Lipinski definition) is 3. The Balaban J connectivity index is 2.08. The van der Waals surface area contributed by atoms with E-state index in [2.05, 4.69) is 5.32 Å². The number of phenols is 2. The van der Waals surface area contributed by atoms with Gasteiger partial charge in [0.25, 0.3) is 0 Å². The number of carbonyl (C=O) groups excluding carboxylic acids is 1. The first-order valence-electron chi connectivity index (χ1n) is 5.92. The Morgan fingerprint density at radius 1 is 1.11 bits per heavy atom. The first-order chi connectivity index (χ1) is 9.06. The molecule has 3 N–H and O–H groups in total. The van der Waals surface area contributed by atoms with E-state index in [-0.39, 0.29) is 23.8 Å². The van der Waals surface area contributed by atoms with Crippen molar-refractivity contribution in [2.45, 2.75) is 13.3 Å². The number of nitrogens with one attached hydrogen (secondary N) is 1. The molecule has 0 spiro atoms. The highest BCUT2D eigenvalue weighted by atomic mass is 16.3. The Bertz CT molecular complexity index is 608. The van der Waals surface area contributed by atoms with Gasteiger partial charge in [0.1, 0.15) is 11.5 Å². The van der Waals surface area contributed by atoms with Crippen LogP contribution in [0.1, 0.15) is 11.1 Å². The fourth-order valence-electron chi connectivity index (χ4n) is 1.78. The van der Waals surface area contributed by atoms with Crippen molar-refractivity contribution in [1.29, 1.82) is 0 Å². The second-order valence-electron chi connectivity index (χ2n) is 4.37. The number of aromatic hydroxyl groups is 2. The highest BCUT2D eigenvalue weighted by Crippen LogP contribution is 2.24. The molecule has 0 radical (unpaired) electrons. The van der Waals surface area contributed by atoms with E-state index >= 15 is 0 Å². The van der Waals surface area contributed by atoms with Gasteiger partial charge in [0, 0.05) is 5.56 Å². The molecule has 0 saturated heterocycles. The molecule has 0 aliphatic carbocycles. The van der Waals surface area contributed by atoms with Crippen molar-refractivity contribution in [2.75, 3.05) is 5.32 Å². The van der Waals surface area contributed by atoms with Gasteiger partial charge in [0.15, 0.2) is 0 Å². The molecule has 0 aliphatic rings. The van der Waals surface area contributed by atoms with Crippen LogP contribution in [0.25, 0.3) is 0 Å². The van der Waals surface area contributed by atoms with E-state index in [1.807, 2.05) is 6.92 Å². The van der Waals surface area contributed by atoms with Gasteiger partial charge < -0.3 is 15.5 Å². The maximum Gasteiger partial charge on any atom is 0.229 e. The van der Waals surface area contributed by atoms with E-state index in [0.29, 0.717) is 11.3 Å². The van der Waals surface area contributed by atoms with E-state index in [1.54, 1.807) is 36.4 Å². The zero-order chi connectivity index (χ0) is 13.8. The number of amides is 1. The summed E-state index contributed by atoms with van der Waals surface area (Å²) in [7, 11) is 0. The van der Waals surface area contributed by atoms with E-state index in [9.17, 15) is 15.0 Å². The highest BCUT2D eigenvalue weighted by molar-refractivity contribution is 5.93. The SMILES string of the molecule is Cc1ccc(NC(=O)Cc2ccccc2O)c(O)c1. The van der Waals surface area contributed by atoms with Gasteiger partial charge in [0.05, 0.1) is 12.1 Å². The Kier molecular flexibility index (Phi) is 3.71. The van der Waals surface area contributed by atoms with Gasteiger partial charge >= 0.3 is 0 Å². The van der Waals surface area contributed by atoms with Crippen molar-refractivity contribution in [3.05, 3.63) is 53.6 Å². The van der Waals surface area contributed by atoms with Crippen LogP contribution in [0.15, 0.2) is 42.5 Å². The molecule has 4 nitrogen and oxygen atoms in total. The van der Waals surface area contributed by atoms with Gasteiger partial charge in [-0.15, -0.1) is 0 Å². The first kappa shape index (κ1) is 13.0. The van der Waals surface area contributed by atoms with Crippen molar-refractivity contribution in [2.24, 2.45) is 0 Å². The Morgan fingerprint density at radius 3 is 2.53 bits per heavy atom. The van der Waals surface area contributed by atoms with Crippen LogP contribution in [-0.2, 0) is 11.2 Å². The first-order valence-corrected chi connectivity index (χ1v) is 5.92. The standard InChI is InChI=1S/C15H15NO3/c1-10-6-7-12(14(18)8-10)16-15(19)9-11-4-2-3-5-13(11)17/h2-8,17-18H,9H2,1H3,(H,16,19). The van der Waals surface area contributed by atoms with Crippen LogP contribution in [0.3, 0.4) is 0 Å². The number of anilines is 1. The molecule has 2 rings (SSSR count). The lowest BCUT2D eigenvalue weighted by molar-refractivity contribution is -0.115. The summed E-state index contributed by atoms with van der Waals surface area (Å²) in [4.78, 5) is 11.8. The topological polar surface area (TPSA) is 69.6 Å². The number of aryl methyl sites for hydroxylation is 1. The van der Waals surface area contributed by atoms with E-state index in [1.165, 1.54) is 6.07 Å². The number of benzene rings is 2. The third kappa shape index (κ3) is 3.25. The summed E-state index contributed by atoms with van der Waals surface area (Å²) < 4.78 is 0. The molecule has 2 aromatic carbocycles. The summed E-state index contributed by atoms with van der Waals surface area (Å²) in [5, 5.41) is 21.9. The molecule has 98 valence electrons. The largest absolute Gasteiger partial charge is 0.508 e. The number of carbonyl (C=O) groups is 1. The Labute approximate surface area is 111 Å². The lowest BCUT2D eigenvalue weighted by Crippen LogP contribution is -2.14. The van der Waals surface area contributed by atoms with Crippen LogP contribution in [0.2, 0.25) is 0 Å². The van der Waals surface area contributed by atoms with Crippen molar-refractivity contribution in [3.63, 3.8) is 0 Å². The number of rotatable bonds is 3. The third-order valence-corrected chi connectivity index (χ3v) is 2.77. The van der Waals surface area contributed by atoms with Gasteiger partial charge in [-0.1, -0.05) is 24.3 Å². The molecule has 0 fully saturated rings. The molecule has 4 heteroatoms. The predicted molar refractivity (Wildman–Crippen MR) is 73.3 cm³/mol. The number of hydrogen-bond acceptors (Lipinski definition) is 3. The molecule has 0 bridgehead atoms. The minimum Gasteiger partial charge on any atom is -0.508 e. The lowest BCUT2D eigenvalue weighted by atomic mass is 10.1. The van der Waals surface area contributed by atoms with Crippen molar-refractivity contribution in [1.82, 2.24) is 0 Å². The molecule has 0 aliphatic heterocycles. The predicted octanol–water partition coefficient (Wildman–Crippen LogP) is 2.59. The quantitative estimate of drug-likeness (QED) is 0.740. The summed E-state index contributed by atoms with van der Waals surface area (Å²) in [6.45, 7) is 1.85. The molecular formula is C15H15NO3. The number of para-hydroxylation sites is 1. The summed E-state index contributed by atoms with van der Waals surface area (Å²) in [5.74, 6) is -0.169. The average molecular weight is 257 g/mol. The fourth-order valence-corrected chi connectivity index (χ4v) is 1.78. The van der Waals surface area contributed by atoms with E-state index in [4.69, 9.17) is 0 Å². The smallest absolute Gasteiger partial charge is 0.229 e. The maximum atomic E-state index is 11.8. The average Bonchev–Trinajstić information content (AvgIpc) is 2.36. The molecule has 0 unspecified atom stereocenters. The van der Waals surface area contributed by atoms with Crippen molar-refractivity contribution >= 4 is 11.6 Å². The van der Waals surface area contributed by atoms with Crippen molar-refractivity contribution < 1.29 is 15.0 Å². The number of phenolic OH excluding ortho intramolecular Hbond substituents is 2. The Hall–Kier alpha value is -2.49. The maximum absolute atomic E-state index is 11.8. The zero-order valence-corrected chi connectivity index (χ0v) is 10.6. The van der Waals surface area contributed by atoms with Crippen LogP contribution in [-0.4, -0.2) is 16.1 Å². The van der Waals surface area contributed by atoms with E-state index in [0.717, 1.165) is 5.56 Å². The third-order valence-electron chi connectivity index (χ3n) is 2.77. The Morgan fingerprint density at radius 2 is 1.84 bits per heavy atom. The second kappa shape index (κ2) is 5.44. The highest BCUT2D eigenvalue weighted by Gasteiger charge is 2.09. The fraction of sp³-hybridized carbons (Fsp3) is 0.133. The molecule has 0 heterocycles. The normalized spacial score (nSPS) is 10.2. The van der Waals surface area contributed by atoms with Gasteiger partial charge in [-0.25, -0.2) is 0 Å². The minimum absolute atomic E-state index is 0.0330. The molecule has 0 atom stereocenters. The van der Waals surface area contributed by atoms with Crippen molar-refractivity contribution in [3.8, 4) is 11.5 Å². The summed E-state index contributed by atoms with van der Waals surface area (Å²) in [6.07, 6.45) is 0.0555. The molecular weight excluding hydrogens is 242 g/mol. The van der Waals surface area contributed by atoms with Crippen LogP contribution >= 0.6 is 0 Å². The van der Waals surface area contributed by atoms with Gasteiger partial charge in [-0.05, 0) is 30.7 Å². The van der Waals surface area contributed by atoms with Gasteiger partial charge in [-0.2, -0.15) is 0 Å². The van der Waals surface area contributed by atoms with Gasteiger partial charge in [-0.3, -0.25) is 4.79 Å². The molecule has 2 aromatic rings. The monoisotopic (exact) mass is 257 g/mol. The molecule has 0 saturated carbocycles. The van der Waals surface area contributed by atoms with Crippen LogP contribution in [0.5, 0.6) is 11.5 Å². The molecule has 19 heavy (non-hydrogen) atoms. The minimum atomic E-state index is -0.291. The molecule has 0 aromatic heterocycles. The summed E-state index contributed by atoms with van der Waals surface area (Å²) >= 11 is 0. The summed E-state index contributed by atoms with van der Waals surface area (Å²) in [6, 6.07) is 11.7. The van der Waals surface area contributed by atoms with Crippen LogP contribution < -0.4 is 5.32 Å². The lowest BCUT2D eigenvalue weighted by Gasteiger charge is -2.08. The molecule has 1 amide bonds. The van der Waals surface area contributed by atoms with Gasteiger partial charge in [0.2, 0.25) is 5.91 Å². The van der Waals surface area contributed by atoms with Crippen LogP contribution in [0.4, 0.5) is 5.69 Å². The van der Waals surface area contributed by atoms with Crippen LogP contribution in [0, 0.1) is 6.92 Å². The zero-order valence-electron chi connectivity index (χ0n) is 10.6.